The number of pyridine rings is 1. The zero-order chi connectivity index (χ0) is 13.8. The van der Waals surface area contributed by atoms with Crippen LogP contribution in [0.2, 0.25) is 5.15 Å². The molecule has 0 fully saturated rings. The highest BCUT2D eigenvalue weighted by Crippen LogP contribution is 2.29. The molecule has 0 saturated heterocycles. The van der Waals surface area contributed by atoms with Crippen LogP contribution in [-0.2, 0) is 0 Å². The SMILES string of the molecule is O=C(NCCSC(F)(F)F)c1cc(Br)cnc1Cl. The first-order valence-corrected chi connectivity index (χ1v) is 6.75. The maximum Gasteiger partial charge on any atom is 0.441 e. The fourth-order valence-corrected chi connectivity index (χ4v) is 1.96. The van der Waals surface area contributed by atoms with Crippen molar-refractivity contribution in [1.29, 1.82) is 0 Å². The van der Waals surface area contributed by atoms with Crippen molar-refractivity contribution >= 4 is 45.2 Å². The summed E-state index contributed by atoms with van der Waals surface area (Å²) >= 11 is 8.62. The van der Waals surface area contributed by atoms with Gasteiger partial charge in [0.05, 0.1) is 5.56 Å². The van der Waals surface area contributed by atoms with Crippen LogP contribution >= 0.6 is 39.3 Å². The molecule has 1 amide bonds. The van der Waals surface area contributed by atoms with Crippen LogP contribution < -0.4 is 5.32 Å². The Morgan fingerprint density at radius 2 is 2.22 bits per heavy atom. The molecule has 1 heterocycles. The van der Waals surface area contributed by atoms with Gasteiger partial charge in [-0.15, -0.1) is 0 Å². The molecule has 1 aromatic rings. The number of thioether (sulfide) groups is 1. The molecule has 0 spiro atoms. The summed E-state index contributed by atoms with van der Waals surface area (Å²) in [6.07, 6.45) is 1.42. The maximum atomic E-state index is 11.8. The van der Waals surface area contributed by atoms with E-state index in [0.29, 0.717) is 4.47 Å². The molecule has 0 unspecified atom stereocenters. The molecule has 0 aliphatic heterocycles. The number of hydrogen-bond donors (Lipinski definition) is 1. The standard InChI is InChI=1S/C9H7BrClF3N2OS/c10-5-3-6(7(11)16-4-5)8(17)15-1-2-18-9(12,13)14/h3-4H,1-2H2,(H,15,17). The van der Waals surface area contributed by atoms with E-state index in [1.165, 1.54) is 12.3 Å². The van der Waals surface area contributed by atoms with Crippen LogP contribution in [0.3, 0.4) is 0 Å². The molecule has 0 aromatic carbocycles. The van der Waals surface area contributed by atoms with E-state index in [4.69, 9.17) is 11.6 Å². The number of carbonyl (C=O) groups excluding carboxylic acids is 1. The average molecular weight is 364 g/mol. The summed E-state index contributed by atoms with van der Waals surface area (Å²) in [6, 6.07) is 1.45. The second-order valence-electron chi connectivity index (χ2n) is 3.04. The Morgan fingerprint density at radius 1 is 1.56 bits per heavy atom. The van der Waals surface area contributed by atoms with Crippen molar-refractivity contribution in [2.75, 3.05) is 12.3 Å². The fraction of sp³-hybridized carbons (Fsp3) is 0.333. The van der Waals surface area contributed by atoms with Gasteiger partial charge in [-0.1, -0.05) is 11.6 Å². The van der Waals surface area contributed by atoms with Gasteiger partial charge in [-0.25, -0.2) is 4.98 Å². The van der Waals surface area contributed by atoms with E-state index in [2.05, 4.69) is 26.2 Å². The topological polar surface area (TPSA) is 42.0 Å². The lowest BCUT2D eigenvalue weighted by atomic mass is 10.3. The Balaban J connectivity index is 2.48. The minimum atomic E-state index is -4.29. The van der Waals surface area contributed by atoms with Crippen LogP contribution in [-0.4, -0.2) is 28.7 Å². The molecule has 9 heteroatoms. The largest absolute Gasteiger partial charge is 0.441 e. The van der Waals surface area contributed by atoms with Gasteiger partial charge in [0, 0.05) is 23.0 Å². The van der Waals surface area contributed by atoms with Crippen molar-refractivity contribution in [1.82, 2.24) is 10.3 Å². The Morgan fingerprint density at radius 3 is 2.83 bits per heavy atom. The van der Waals surface area contributed by atoms with Crippen LogP contribution in [0.5, 0.6) is 0 Å². The Hall–Kier alpha value is -0.470. The normalized spacial score (nSPS) is 11.4. The molecular weight excluding hydrogens is 357 g/mol. The van der Waals surface area contributed by atoms with E-state index in [1.54, 1.807) is 0 Å². The highest BCUT2D eigenvalue weighted by molar-refractivity contribution is 9.10. The summed E-state index contributed by atoms with van der Waals surface area (Å²) in [5, 5.41) is 2.33. The monoisotopic (exact) mass is 362 g/mol. The van der Waals surface area contributed by atoms with Gasteiger partial charge in [-0.2, -0.15) is 13.2 Å². The van der Waals surface area contributed by atoms with Crippen molar-refractivity contribution in [2.45, 2.75) is 5.51 Å². The first-order chi connectivity index (χ1) is 8.29. The van der Waals surface area contributed by atoms with Crippen molar-refractivity contribution < 1.29 is 18.0 Å². The molecule has 1 N–H and O–H groups in total. The van der Waals surface area contributed by atoms with Gasteiger partial charge < -0.3 is 5.32 Å². The number of aromatic nitrogens is 1. The number of nitrogens with zero attached hydrogens (tertiary/aromatic N) is 1. The molecule has 0 atom stereocenters. The van der Waals surface area contributed by atoms with Gasteiger partial charge >= 0.3 is 5.51 Å². The van der Waals surface area contributed by atoms with Crippen molar-refractivity contribution in [3.8, 4) is 0 Å². The molecule has 1 rings (SSSR count). The minimum absolute atomic E-state index is 0.000764. The zero-order valence-electron chi connectivity index (χ0n) is 8.72. The summed E-state index contributed by atoms with van der Waals surface area (Å²) in [7, 11) is 0. The first-order valence-electron chi connectivity index (χ1n) is 4.59. The molecular formula is C9H7BrClF3N2OS. The quantitative estimate of drug-likeness (QED) is 0.658. The van der Waals surface area contributed by atoms with E-state index in [-0.39, 0.29) is 34.8 Å². The predicted octanol–water partition coefficient (Wildman–Crippen LogP) is 3.48. The number of nitrogens with one attached hydrogen (secondary N) is 1. The van der Waals surface area contributed by atoms with Crippen LogP contribution in [0.25, 0.3) is 0 Å². The Kier molecular flexibility index (Phi) is 5.74. The molecule has 3 nitrogen and oxygen atoms in total. The number of amides is 1. The summed E-state index contributed by atoms with van der Waals surface area (Å²) in [4.78, 5) is 15.3. The second-order valence-corrected chi connectivity index (χ2v) is 5.48. The zero-order valence-corrected chi connectivity index (χ0v) is 11.9. The van der Waals surface area contributed by atoms with E-state index in [9.17, 15) is 18.0 Å². The van der Waals surface area contributed by atoms with Crippen LogP contribution in [0.15, 0.2) is 16.7 Å². The van der Waals surface area contributed by atoms with Gasteiger partial charge in [0.25, 0.3) is 5.91 Å². The molecule has 0 aliphatic rings. The van der Waals surface area contributed by atoms with E-state index < -0.39 is 11.4 Å². The lowest BCUT2D eigenvalue weighted by Crippen LogP contribution is -2.27. The molecule has 0 bridgehead atoms. The maximum absolute atomic E-state index is 11.8. The van der Waals surface area contributed by atoms with Gasteiger partial charge in [0.1, 0.15) is 5.15 Å². The summed E-state index contributed by atoms with van der Waals surface area (Å²) in [6.45, 7) is -0.105. The summed E-state index contributed by atoms with van der Waals surface area (Å²) < 4.78 is 36.1. The lowest BCUT2D eigenvalue weighted by molar-refractivity contribution is -0.0327. The summed E-state index contributed by atoms with van der Waals surface area (Å²) in [5.41, 5.74) is -4.18. The number of halogens is 5. The molecule has 1 aromatic heterocycles. The smallest absolute Gasteiger partial charge is 0.351 e. The number of hydrogen-bond acceptors (Lipinski definition) is 3. The lowest BCUT2D eigenvalue weighted by Gasteiger charge is -2.08. The van der Waals surface area contributed by atoms with Gasteiger partial charge in [-0.05, 0) is 33.8 Å². The molecule has 18 heavy (non-hydrogen) atoms. The van der Waals surface area contributed by atoms with Crippen molar-refractivity contribution in [3.63, 3.8) is 0 Å². The third-order valence-corrected chi connectivity index (χ3v) is 3.17. The number of rotatable bonds is 4. The Bertz CT molecular complexity index is 444. The van der Waals surface area contributed by atoms with Gasteiger partial charge in [0.2, 0.25) is 0 Å². The average Bonchev–Trinajstić information content (AvgIpc) is 2.26. The highest BCUT2D eigenvalue weighted by Gasteiger charge is 2.27. The van der Waals surface area contributed by atoms with Crippen LogP contribution in [0.1, 0.15) is 10.4 Å². The first kappa shape index (κ1) is 15.6. The summed E-state index contributed by atoms with van der Waals surface area (Å²) in [5.74, 6) is -0.814. The van der Waals surface area contributed by atoms with Crippen molar-refractivity contribution in [3.05, 3.63) is 27.5 Å². The molecule has 0 saturated carbocycles. The van der Waals surface area contributed by atoms with Gasteiger partial charge in [-0.3, -0.25) is 4.79 Å². The van der Waals surface area contributed by atoms with E-state index >= 15 is 0 Å². The van der Waals surface area contributed by atoms with Crippen LogP contribution in [0.4, 0.5) is 13.2 Å². The third kappa shape index (κ3) is 5.45. The molecule has 0 radical (unpaired) electrons. The molecule has 100 valence electrons. The second kappa shape index (κ2) is 6.63. The predicted molar refractivity (Wildman–Crippen MR) is 67.8 cm³/mol. The van der Waals surface area contributed by atoms with E-state index in [0.717, 1.165) is 0 Å². The number of carbonyl (C=O) groups is 1. The third-order valence-electron chi connectivity index (χ3n) is 1.70. The fourth-order valence-electron chi connectivity index (χ4n) is 1.01. The Labute approximate surface area is 119 Å². The molecule has 0 aliphatic carbocycles. The number of alkyl halides is 3. The highest BCUT2D eigenvalue weighted by atomic mass is 79.9. The van der Waals surface area contributed by atoms with E-state index in [1.807, 2.05) is 0 Å². The van der Waals surface area contributed by atoms with Gasteiger partial charge in [0.15, 0.2) is 0 Å². The van der Waals surface area contributed by atoms with Crippen LogP contribution in [0, 0.1) is 0 Å². The van der Waals surface area contributed by atoms with Crippen molar-refractivity contribution in [2.24, 2.45) is 0 Å². The minimum Gasteiger partial charge on any atom is -0.351 e.